The van der Waals surface area contributed by atoms with E-state index in [4.69, 9.17) is 27.9 Å². The predicted octanol–water partition coefficient (Wildman–Crippen LogP) is 4.49. The molecule has 0 bridgehead atoms. The number of methoxy groups -OCH3 is 1. The Morgan fingerprint density at radius 3 is 2.43 bits per heavy atom. The Kier molecular flexibility index (Phi) is 7.20. The van der Waals surface area contributed by atoms with Gasteiger partial charge >= 0.3 is 0 Å². The lowest BCUT2D eigenvalue weighted by molar-refractivity contribution is -0.117. The van der Waals surface area contributed by atoms with Gasteiger partial charge in [0, 0.05) is 15.7 Å². The number of anilines is 2. The molecule has 0 heterocycles. The van der Waals surface area contributed by atoms with Crippen LogP contribution in [0.4, 0.5) is 11.4 Å². The van der Waals surface area contributed by atoms with Crippen LogP contribution in [0.5, 0.6) is 5.75 Å². The number of benzene rings is 2. The summed E-state index contributed by atoms with van der Waals surface area (Å²) in [5, 5.41) is 3.56. The van der Waals surface area contributed by atoms with Crippen molar-refractivity contribution < 1.29 is 17.9 Å². The van der Waals surface area contributed by atoms with Crippen LogP contribution in [0.1, 0.15) is 18.9 Å². The fraction of sp³-hybridized carbons (Fsp3) is 0.316. The molecule has 0 aliphatic rings. The molecule has 0 fully saturated rings. The van der Waals surface area contributed by atoms with E-state index in [-0.39, 0.29) is 12.1 Å². The minimum atomic E-state index is -3.82. The second-order valence-corrected chi connectivity index (χ2v) is 8.96. The maximum absolute atomic E-state index is 13.0. The maximum atomic E-state index is 13.0. The monoisotopic (exact) mass is 444 g/mol. The Hall–Kier alpha value is -1.96. The molecule has 28 heavy (non-hydrogen) atoms. The number of hydrogen-bond donors (Lipinski definition) is 1. The van der Waals surface area contributed by atoms with Gasteiger partial charge in [0.15, 0.2) is 0 Å². The number of rotatable bonds is 7. The van der Waals surface area contributed by atoms with Gasteiger partial charge in [-0.1, -0.05) is 36.2 Å². The highest BCUT2D eigenvalue weighted by Gasteiger charge is 2.33. The molecule has 2 rings (SSSR count). The standard InChI is InChI=1S/C19H22Cl2N2O4S/c1-5-16(19(24)22-14-8-6-12(2)15(21)11-14)23(28(4,25)26)17-10-13(20)7-9-18(17)27-3/h6-11,16H,5H2,1-4H3,(H,22,24)/t16-/m1/s1. The molecule has 1 atom stereocenters. The molecule has 1 N–H and O–H groups in total. The molecule has 2 aromatic rings. The van der Waals surface area contributed by atoms with E-state index >= 15 is 0 Å². The van der Waals surface area contributed by atoms with E-state index in [2.05, 4.69) is 5.32 Å². The fourth-order valence-corrected chi connectivity index (χ4v) is 4.32. The van der Waals surface area contributed by atoms with Gasteiger partial charge in [-0.2, -0.15) is 0 Å². The molecule has 6 nitrogen and oxygen atoms in total. The van der Waals surface area contributed by atoms with Crippen molar-refractivity contribution >= 4 is 50.5 Å². The third-order valence-corrected chi connectivity index (χ3v) is 5.96. The van der Waals surface area contributed by atoms with E-state index in [1.807, 2.05) is 6.92 Å². The molecule has 0 spiro atoms. The minimum Gasteiger partial charge on any atom is -0.495 e. The molecular formula is C19H22Cl2N2O4S. The van der Waals surface area contributed by atoms with Crippen LogP contribution in [0.25, 0.3) is 0 Å². The third-order valence-electron chi connectivity index (χ3n) is 4.15. The summed E-state index contributed by atoms with van der Waals surface area (Å²) in [6, 6.07) is 8.68. The van der Waals surface area contributed by atoms with Crippen molar-refractivity contribution in [2.75, 3.05) is 23.0 Å². The largest absolute Gasteiger partial charge is 0.495 e. The summed E-state index contributed by atoms with van der Waals surface area (Å²) >= 11 is 12.2. The number of aryl methyl sites for hydroxylation is 1. The first kappa shape index (κ1) is 22.3. The number of carbonyl (C=O) groups excluding carboxylic acids is 1. The molecule has 0 radical (unpaired) electrons. The first-order valence-corrected chi connectivity index (χ1v) is 11.1. The topological polar surface area (TPSA) is 75.7 Å². The molecule has 0 aliphatic heterocycles. The average Bonchev–Trinajstić information content (AvgIpc) is 2.61. The van der Waals surface area contributed by atoms with E-state index in [0.717, 1.165) is 16.1 Å². The number of sulfonamides is 1. The van der Waals surface area contributed by atoms with E-state index in [1.54, 1.807) is 37.3 Å². The van der Waals surface area contributed by atoms with Crippen LogP contribution in [0.2, 0.25) is 10.0 Å². The number of nitrogens with zero attached hydrogens (tertiary/aromatic N) is 1. The van der Waals surface area contributed by atoms with Gasteiger partial charge < -0.3 is 10.1 Å². The van der Waals surface area contributed by atoms with Gasteiger partial charge in [0.25, 0.3) is 0 Å². The van der Waals surface area contributed by atoms with Crippen molar-refractivity contribution in [1.29, 1.82) is 0 Å². The first-order valence-electron chi connectivity index (χ1n) is 8.48. The highest BCUT2D eigenvalue weighted by Crippen LogP contribution is 2.35. The van der Waals surface area contributed by atoms with E-state index in [0.29, 0.717) is 21.5 Å². The summed E-state index contributed by atoms with van der Waals surface area (Å²) in [4.78, 5) is 13.0. The second-order valence-electron chi connectivity index (χ2n) is 6.25. The predicted molar refractivity (Wildman–Crippen MR) is 114 cm³/mol. The van der Waals surface area contributed by atoms with Crippen molar-refractivity contribution in [2.24, 2.45) is 0 Å². The van der Waals surface area contributed by atoms with Gasteiger partial charge in [-0.15, -0.1) is 0 Å². The zero-order valence-electron chi connectivity index (χ0n) is 16.0. The summed E-state index contributed by atoms with van der Waals surface area (Å²) in [6.07, 6.45) is 1.26. The lowest BCUT2D eigenvalue weighted by Crippen LogP contribution is -2.47. The van der Waals surface area contributed by atoms with Crippen molar-refractivity contribution in [2.45, 2.75) is 26.3 Å². The summed E-state index contributed by atoms with van der Waals surface area (Å²) in [6.45, 7) is 3.57. The highest BCUT2D eigenvalue weighted by molar-refractivity contribution is 7.92. The van der Waals surface area contributed by atoms with E-state index in [9.17, 15) is 13.2 Å². The van der Waals surface area contributed by atoms with Crippen LogP contribution in [0.3, 0.4) is 0 Å². The van der Waals surface area contributed by atoms with Crippen molar-refractivity contribution in [3.05, 3.63) is 52.0 Å². The molecular weight excluding hydrogens is 423 g/mol. The van der Waals surface area contributed by atoms with Crippen LogP contribution in [-0.4, -0.2) is 33.7 Å². The third kappa shape index (κ3) is 5.10. The molecule has 1 amide bonds. The number of hydrogen-bond acceptors (Lipinski definition) is 4. The Balaban J connectivity index is 2.47. The number of nitrogens with one attached hydrogen (secondary N) is 1. The van der Waals surface area contributed by atoms with Crippen molar-refractivity contribution in [1.82, 2.24) is 0 Å². The smallest absolute Gasteiger partial charge is 0.248 e. The van der Waals surface area contributed by atoms with Crippen LogP contribution in [-0.2, 0) is 14.8 Å². The molecule has 0 aromatic heterocycles. The molecule has 0 saturated carbocycles. The Morgan fingerprint density at radius 2 is 1.89 bits per heavy atom. The summed E-state index contributed by atoms with van der Waals surface area (Å²) in [7, 11) is -2.40. The van der Waals surface area contributed by atoms with Crippen molar-refractivity contribution in [3.63, 3.8) is 0 Å². The fourth-order valence-electron chi connectivity index (χ4n) is 2.77. The van der Waals surface area contributed by atoms with Crippen LogP contribution in [0.15, 0.2) is 36.4 Å². The Bertz CT molecular complexity index is 980. The zero-order valence-corrected chi connectivity index (χ0v) is 18.3. The van der Waals surface area contributed by atoms with E-state index < -0.39 is 22.0 Å². The van der Waals surface area contributed by atoms with Crippen LogP contribution in [0, 0.1) is 6.92 Å². The Labute approximate surface area is 175 Å². The van der Waals surface area contributed by atoms with Gasteiger partial charge in [-0.25, -0.2) is 8.42 Å². The lowest BCUT2D eigenvalue weighted by Gasteiger charge is -2.31. The number of carbonyl (C=O) groups is 1. The van der Waals surface area contributed by atoms with Crippen LogP contribution >= 0.6 is 23.2 Å². The quantitative estimate of drug-likeness (QED) is 0.681. The average molecular weight is 445 g/mol. The van der Waals surface area contributed by atoms with Gasteiger partial charge in [0.05, 0.1) is 19.1 Å². The number of halogens is 2. The van der Waals surface area contributed by atoms with Gasteiger partial charge in [0.1, 0.15) is 11.8 Å². The number of ether oxygens (including phenoxy) is 1. The highest BCUT2D eigenvalue weighted by atomic mass is 35.5. The zero-order chi connectivity index (χ0) is 21.1. The van der Waals surface area contributed by atoms with Gasteiger partial charge in [-0.3, -0.25) is 9.10 Å². The summed E-state index contributed by atoms with van der Waals surface area (Å²) < 4.78 is 31.5. The molecule has 9 heteroatoms. The summed E-state index contributed by atoms with van der Waals surface area (Å²) in [5.74, 6) is -0.200. The molecule has 0 saturated heterocycles. The molecule has 0 unspecified atom stereocenters. The van der Waals surface area contributed by atoms with Crippen molar-refractivity contribution in [3.8, 4) is 5.75 Å². The first-order chi connectivity index (χ1) is 13.1. The van der Waals surface area contributed by atoms with Crippen LogP contribution < -0.4 is 14.4 Å². The normalized spacial score (nSPS) is 12.4. The summed E-state index contributed by atoms with van der Waals surface area (Å²) in [5.41, 5.74) is 1.54. The minimum absolute atomic E-state index is 0.196. The number of amides is 1. The van der Waals surface area contributed by atoms with Gasteiger partial charge in [0.2, 0.25) is 15.9 Å². The van der Waals surface area contributed by atoms with E-state index in [1.165, 1.54) is 13.2 Å². The SMILES string of the molecule is CC[C@H](C(=O)Nc1ccc(C)c(Cl)c1)N(c1cc(Cl)ccc1OC)S(C)(=O)=O. The lowest BCUT2D eigenvalue weighted by atomic mass is 10.1. The molecule has 0 aliphatic carbocycles. The second kappa shape index (κ2) is 9.03. The maximum Gasteiger partial charge on any atom is 0.248 e. The molecule has 152 valence electrons. The Morgan fingerprint density at radius 1 is 1.21 bits per heavy atom. The van der Waals surface area contributed by atoms with Gasteiger partial charge in [-0.05, 0) is 49.2 Å². The molecule has 2 aromatic carbocycles.